The molecule has 1 aliphatic heterocycles. The number of hydrogen-bond acceptors (Lipinski definition) is 7. The monoisotopic (exact) mass is 361 g/mol. The zero-order valence-corrected chi connectivity index (χ0v) is 14.1. The second-order valence-corrected chi connectivity index (χ2v) is 6.11. The van der Waals surface area contributed by atoms with Crippen molar-refractivity contribution in [2.24, 2.45) is 0 Å². The van der Waals surface area contributed by atoms with Gasteiger partial charge >= 0.3 is 6.03 Å². The summed E-state index contributed by atoms with van der Waals surface area (Å²) < 4.78 is 1.47. The molecule has 4 amide bonds. The van der Waals surface area contributed by atoms with E-state index in [4.69, 9.17) is 0 Å². The number of tetrazole rings is 1. The van der Waals surface area contributed by atoms with E-state index in [1.165, 1.54) is 16.5 Å². The van der Waals surface area contributed by atoms with Crippen LogP contribution in [0.1, 0.15) is 6.92 Å². The lowest BCUT2D eigenvalue weighted by molar-refractivity contribution is -0.124. The maximum Gasteiger partial charge on any atom is 0.324 e. The lowest BCUT2D eigenvalue weighted by Gasteiger charge is -2.11. The molecule has 1 aliphatic rings. The Hall–Kier alpha value is -2.95. The van der Waals surface area contributed by atoms with Crippen LogP contribution in [0.15, 0.2) is 29.4 Å². The van der Waals surface area contributed by atoms with Crippen molar-refractivity contribution in [1.82, 2.24) is 30.4 Å². The average molecular weight is 361 g/mol. The third-order valence-electron chi connectivity index (χ3n) is 3.33. The molecule has 1 saturated heterocycles. The fourth-order valence-electron chi connectivity index (χ4n) is 2.26. The molecule has 10 nitrogen and oxygen atoms in total. The van der Waals surface area contributed by atoms with Crippen molar-refractivity contribution in [2.75, 3.05) is 24.2 Å². The second-order valence-electron chi connectivity index (χ2n) is 5.17. The maximum absolute atomic E-state index is 12.1. The van der Waals surface area contributed by atoms with E-state index in [0.717, 1.165) is 11.8 Å². The predicted octanol–water partition coefficient (Wildman–Crippen LogP) is 0.265. The van der Waals surface area contributed by atoms with Gasteiger partial charge in [0.1, 0.15) is 0 Å². The summed E-state index contributed by atoms with van der Waals surface area (Å²) in [6, 6.07) is 6.63. The van der Waals surface area contributed by atoms with E-state index < -0.39 is 0 Å². The fourth-order valence-corrected chi connectivity index (χ4v) is 3.03. The number of carbonyl (C=O) groups is 3. The zero-order chi connectivity index (χ0) is 17.8. The molecule has 130 valence electrons. The van der Waals surface area contributed by atoms with E-state index in [2.05, 4.69) is 26.2 Å². The first-order valence-electron chi connectivity index (χ1n) is 7.42. The summed E-state index contributed by atoms with van der Waals surface area (Å²) in [4.78, 5) is 35.9. The molecule has 0 spiro atoms. The van der Waals surface area contributed by atoms with Gasteiger partial charge in [-0.25, -0.2) is 4.79 Å². The smallest absolute Gasteiger partial charge is 0.324 e. The number of rotatable bonds is 5. The number of imide groups is 1. The van der Waals surface area contributed by atoms with Crippen molar-refractivity contribution in [3.8, 4) is 5.69 Å². The lowest BCUT2D eigenvalue weighted by Crippen LogP contribution is -2.35. The number of nitrogens with zero attached hydrogens (tertiary/aromatic N) is 5. The molecule has 0 radical (unpaired) electrons. The van der Waals surface area contributed by atoms with Gasteiger partial charge < -0.3 is 10.6 Å². The first-order valence-corrected chi connectivity index (χ1v) is 8.40. The summed E-state index contributed by atoms with van der Waals surface area (Å²) in [5.41, 5.74) is 1.26. The number of hydrogen-bond donors (Lipinski definition) is 2. The molecule has 0 aliphatic carbocycles. The van der Waals surface area contributed by atoms with Crippen molar-refractivity contribution in [1.29, 1.82) is 0 Å². The molecule has 1 fully saturated rings. The van der Waals surface area contributed by atoms with Gasteiger partial charge in [-0.3, -0.25) is 14.5 Å². The van der Waals surface area contributed by atoms with Crippen molar-refractivity contribution in [3.05, 3.63) is 24.3 Å². The number of nitrogens with one attached hydrogen (secondary N) is 2. The highest BCUT2D eigenvalue weighted by Crippen LogP contribution is 2.21. The Morgan fingerprint density at radius 1 is 1.40 bits per heavy atom. The molecule has 0 saturated carbocycles. The maximum atomic E-state index is 12.1. The second kappa shape index (κ2) is 7.30. The third kappa shape index (κ3) is 3.94. The number of carbonyl (C=O) groups excluding carboxylic acids is 3. The largest absolute Gasteiger partial charge is 0.336 e. The predicted molar refractivity (Wildman–Crippen MR) is 89.3 cm³/mol. The van der Waals surface area contributed by atoms with Gasteiger partial charge in [0.15, 0.2) is 0 Å². The Morgan fingerprint density at radius 2 is 2.24 bits per heavy atom. The van der Waals surface area contributed by atoms with E-state index in [9.17, 15) is 14.4 Å². The molecule has 0 unspecified atom stereocenters. The quantitative estimate of drug-likeness (QED) is 0.733. The van der Waals surface area contributed by atoms with Crippen LogP contribution in [-0.2, 0) is 9.59 Å². The average Bonchev–Trinajstić information content (AvgIpc) is 3.21. The van der Waals surface area contributed by atoms with Crippen LogP contribution in [0.3, 0.4) is 0 Å². The molecule has 2 N–H and O–H groups in total. The summed E-state index contributed by atoms with van der Waals surface area (Å²) in [6.07, 6.45) is 0. The molecule has 0 bridgehead atoms. The standard InChI is InChI=1S/C14H15N7O3S/c1-9(22)16-10-3-2-4-11(7-10)21-14(17-18-19-21)25-8-12(23)20-6-5-15-13(20)24/h2-4,7H,5-6,8H2,1H3,(H,15,24)(H,16,22). The van der Waals surface area contributed by atoms with Crippen molar-refractivity contribution >= 4 is 35.3 Å². The summed E-state index contributed by atoms with van der Waals surface area (Å²) >= 11 is 1.13. The minimum atomic E-state index is -0.381. The van der Waals surface area contributed by atoms with Gasteiger partial charge in [-0.2, -0.15) is 4.68 Å². The topological polar surface area (TPSA) is 122 Å². The number of urea groups is 1. The summed E-state index contributed by atoms with van der Waals surface area (Å²) in [5, 5.41) is 17.1. The van der Waals surface area contributed by atoms with E-state index in [1.54, 1.807) is 24.3 Å². The molecule has 2 aromatic rings. The molecule has 25 heavy (non-hydrogen) atoms. The van der Waals surface area contributed by atoms with Gasteiger partial charge in [0, 0.05) is 25.7 Å². The molecule has 0 atom stereocenters. The normalized spacial score (nSPS) is 13.6. The zero-order valence-electron chi connectivity index (χ0n) is 13.3. The van der Waals surface area contributed by atoms with Crippen molar-refractivity contribution in [2.45, 2.75) is 12.1 Å². The van der Waals surface area contributed by atoms with Gasteiger partial charge in [-0.1, -0.05) is 17.8 Å². The van der Waals surface area contributed by atoms with Crippen LogP contribution in [0.5, 0.6) is 0 Å². The molecule has 11 heteroatoms. The molecular formula is C14H15N7O3S. The highest BCUT2D eigenvalue weighted by atomic mass is 32.2. The molecule has 2 heterocycles. The number of thioether (sulfide) groups is 1. The number of anilines is 1. The Labute approximate surface area is 146 Å². The summed E-state index contributed by atoms with van der Waals surface area (Å²) in [5.74, 6) is -0.446. The Balaban J connectivity index is 1.71. The molecule has 3 rings (SSSR count). The van der Waals surface area contributed by atoms with Crippen molar-refractivity contribution < 1.29 is 14.4 Å². The Bertz CT molecular complexity index is 822. The number of aromatic nitrogens is 4. The van der Waals surface area contributed by atoms with Gasteiger partial charge in [-0.15, -0.1) is 5.10 Å². The van der Waals surface area contributed by atoms with Crippen LogP contribution in [0, 0.1) is 0 Å². The van der Waals surface area contributed by atoms with Crippen LogP contribution in [-0.4, -0.2) is 61.8 Å². The minimum absolute atomic E-state index is 0.0409. The molecule has 1 aromatic carbocycles. The Morgan fingerprint density at radius 3 is 2.96 bits per heavy atom. The first kappa shape index (κ1) is 16.9. The van der Waals surface area contributed by atoms with Gasteiger partial charge in [0.05, 0.1) is 11.4 Å². The van der Waals surface area contributed by atoms with Crippen LogP contribution >= 0.6 is 11.8 Å². The van der Waals surface area contributed by atoms with Gasteiger partial charge in [0.2, 0.25) is 17.0 Å². The number of amides is 4. The van der Waals surface area contributed by atoms with Crippen LogP contribution < -0.4 is 10.6 Å². The van der Waals surface area contributed by atoms with E-state index in [1.807, 2.05) is 0 Å². The lowest BCUT2D eigenvalue weighted by atomic mass is 10.3. The first-order chi connectivity index (χ1) is 12.0. The van der Waals surface area contributed by atoms with Crippen LogP contribution in [0.2, 0.25) is 0 Å². The fraction of sp³-hybridized carbons (Fsp3) is 0.286. The highest BCUT2D eigenvalue weighted by molar-refractivity contribution is 7.99. The van der Waals surface area contributed by atoms with Crippen LogP contribution in [0.4, 0.5) is 10.5 Å². The summed E-state index contributed by atoms with van der Waals surface area (Å²) in [7, 11) is 0. The van der Waals surface area contributed by atoms with E-state index in [0.29, 0.717) is 29.6 Å². The highest BCUT2D eigenvalue weighted by Gasteiger charge is 2.26. The van der Waals surface area contributed by atoms with E-state index >= 15 is 0 Å². The van der Waals surface area contributed by atoms with Crippen LogP contribution in [0.25, 0.3) is 5.69 Å². The molecule has 1 aromatic heterocycles. The SMILES string of the molecule is CC(=O)Nc1cccc(-n2nnnc2SCC(=O)N2CCNC2=O)c1. The van der Waals surface area contributed by atoms with Gasteiger partial charge in [0.25, 0.3) is 0 Å². The Kier molecular flexibility index (Phi) is 4.93. The molecular weight excluding hydrogens is 346 g/mol. The van der Waals surface area contributed by atoms with Gasteiger partial charge in [-0.05, 0) is 28.6 Å². The summed E-state index contributed by atoms with van der Waals surface area (Å²) in [6.45, 7) is 2.25. The van der Waals surface area contributed by atoms with Crippen molar-refractivity contribution in [3.63, 3.8) is 0 Å². The third-order valence-corrected chi connectivity index (χ3v) is 4.24. The number of benzene rings is 1. The minimum Gasteiger partial charge on any atom is -0.336 e. The van der Waals surface area contributed by atoms with E-state index in [-0.39, 0.29) is 23.6 Å².